The molecule has 0 saturated carbocycles. The highest BCUT2D eigenvalue weighted by Gasteiger charge is 2.07. The van der Waals surface area contributed by atoms with Crippen LogP contribution in [0.1, 0.15) is 31.0 Å². The van der Waals surface area contributed by atoms with Crippen LogP contribution in [0.5, 0.6) is 5.75 Å². The van der Waals surface area contributed by atoms with Crippen molar-refractivity contribution in [3.63, 3.8) is 0 Å². The van der Waals surface area contributed by atoms with Crippen molar-refractivity contribution in [2.45, 2.75) is 26.4 Å². The number of halogens is 1. The Morgan fingerprint density at radius 3 is 2.39 bits per heavy atom. The molecule has 2 aromatic carbocycles. The Kier molecular flexibility index (Phi) is 6.35. The molecule has 0 aliphatic rings. The minimum Gasteiger partial charge on any atom is -0.494 e. The fourth-order valence-corrected chi connectivity index (χ4v) is 2.38. The third-order valence-electron chi connectivity index (χ3n) is 3.41. The van der Waals surface area contributed by atoms with Gasteiger partial charge in [0.2, 0.25) is 0 Å². The number of thiocarbonyl (C=S) groups is 1. The molecule has 0 aliphatic heterocycles. The Morgan fingerprint density at radius 2 is 1.78 bits per heavy atom. The number of rotatable bonds is 6. The van der Waals surface area contributed by atoms with Crippen molar-refractivity contribution in [2.24, 2.45) is 0 Å². The summed E-state index contributed by atoms with van der Waals surface area (Å²) in [6.07, 6.45) is 0. The molecule has 2 N–H and O–H groups in total. The Balaban J connectivity index is 1.82. The van der Waals surface area contributed by atoms with Gasteiger partial charge in [-0.1, -0.05) is 24.3 Å². The van der Waals surface area contributed by atoms with Gasteiger partial charge in [-0.15, -0.1) is 0 Å². The standard InChI is InChI=1S/C18H21FN2OS/c1-3-22-17-10-6-15(7-11-17)13(2)21-18(23)20-12-14-4-8-16(19)9-5-14/h4-11,13H,3,12H2,1-2H3,(H2,20,21,23)/t13-/m0/s1. The molecule has 0 unspecified atom stereocenters. The summed E-state index contributed by atoms with van der Waals surface area (Å²) in [7, 11) is 0. The first-order valence-electron chi connectivity index (χ1n) is 7.60. The number of nitrogens with one attached hydrogen (secondary N) is 2. The van der Waals surface area contributed by atoms with Crippen molar-refractivity contribution >= 4 is 17.3 Å². The molecule has 0 saturated heterocycles. The zero-order chi connectivity index (χ0) is 16.7. The SMILES string of the molecule is CCOc1ccc([C@H](C)NC(=S)NCc2ccc(F)cc2)cc1. The lowest BCUT2D eigenvalue weighted by atomic mass is 10.1. The Hall–Kier alpha value is -2.14. The van der Waals surface area contributed by atoms with Crippen molar-refractivity contribution < 1.29 is 9.13 Å². The maximum absolute atomic E-state index is 12.9. The summed E-state index contributed by atoms with van der Waals surface area (Å²) in [5, 5.41) is 6.92. The summed E-state index contributed by atoms with van der Waals surface area (Å²) in [5.41, 5.74) is 2.10. The molecule has 0 fully saturated rings. The van der Waals surface area contributed by atoms with E-state index in [1.807, 2.05) is 38.1 Å². The quantitative estimate of drug-likeness (QED) is 0.785. The molecular formula is C18H21FN2OS. The number of hydrogen-bond acceptors (Lipinski definition) is 2. The first-order chi connectivity index (χ1) is 11.1. The van der Waals surface area contributed by atoms with Crippen LogP contribution >= 0.6 is 12.2 Å². The molecule has 0 aromatic heterocycles. The highest BCUT2D eigenvalue weighted by Crippen LogP contribution is 2.17. The topological polar surface area (TPSA) is 33.3 Å². The minimum absolute atomic E-state index is 0.0823. The predicted octanol–water partition coefficient (Wildman–Crippen LogP) is 3.95. The van der Waals surface area contributed by atoms with Crippen LogP contribution in [0.2, 0.25) is 0 Å². The van der Waals surface area contributed by atoms with Gasteiger partial charge in [0.05, 0.1) is 12.6 Å². The Bertz CT molecular complexity index is 628. The van der Waals surface area contributed by atoms with E-state index >= 15 is 0 Å². The molecule has 23 heavy (non-hydrogen) atoms. The van der Waals surface area contributed by atoms with E-state index in [-0.39, 0.29) is 11.9 Å². The second-order valence-corrected chi connectivity index (χ2v) is 5.59. The van der Waals surface area contributed by atoms with E-state index in [4.69, 9.17) is 17.0 Å². The minimum atomic E-state index is -0.237. The monoisotopic (exact) mass is 332 g/mol. The van der Waals surface area contributed by atoms with Gasteiger partial charge in [0.1, 0.15) is 11.6 Å². The molecule has 0 aliphatic carbocycles. The molecule has 0 radical (unpaired) electrons. The second kappa shape index (κ2) is 8.48. The molecule has 3 nitrogen and oxygen atoms in total. The number of benzene rings is 2. The number of ether oxygens (including phenoxy) is 1. The summed E-state index contributed by atoms with van der Waals surface area (Å²) in [6, 6.07) is 14.4. The first kappa shape index (κ1) is 17.2. The van der Waals surface area contributed by atoms with Crippen LogP contribution in [0.4, 0.5) is 4.39 Å². The van der Waals surface area contributed by atoms with Gasteiger partial charge in [0.15, 0.2) is 5.11 Å². The van der Waals surface area contributed by atoms with Crippen LogP contribution in [-0.2, 0) is 6.54 Å². The van der Waals surface area contributed by atoms with Gasteiger partial charge in [-0.05, 0) is 61.5 Å². The van der Waals surface area contributed by atoms with Crippen molar-refractivity contribution in [2.75, 3.05) is 6.61 Å². The molecule has 0 bridgehead atoms. The van der Waals surface area contributed by atoms with Crippen molar-refractivity contribution in [1.29, 1.82) is 0 Å². The van der Waals surface area contributed by atoms with Gasteiger partial charge in [0.25, 0.3) is 0 Å². The van der Waals surface area contributed by atoms with E-state index in [2.05, 4.69) is 10.6 Å². The van der Waals surface area contributed by atoms with Gasteiger partial charge in [0, 0.05) is 6.54 Å². The highest BCUT2D eigenvalue weighted by atomic mass is 32.1. The van der Waals surface area contributed by atoms with Crippen LogP contribution < -0.4 is 15.4 Å². The fourth-order valence-electron chi connectivity index (χ4n) is 2.13. The van der Waals surface area contributed by atoms with Crippen molar-refractivity contribution in [3.8, 4) is 5.75 Å². The van der Waals surface area contributed by atoms with Crippen LogP contribution in [-0.4, -0.2) is 11.7 Å². The fraction of sp³-hybridized carbons (Fsp3) is 0.278. The summed E-state index contributed by atoms with van der Waals surface area (Å²) in [4.78, 5) is 0. The average Bonchev–Trinajstić information content (AvgIpc) is 2.55. The lowest BCUT2D eigenvalue weighted by Crippen LogP contribution is -2.36. The van der Waals surface area contributed by atoms with Crippen LogP contribution in [0.15, 0.2) is 48.5 Å². The zero-order valence-corrected chi connectivity index (χ0v) is 14.1. The molecule has 0 amide bonds. The molecule has 2 aromatic rings. The van der Waals surface area contributed by atoms with E-state index in [1.54, 1.807) is 12.1 Å². The van der Waals surface area contributed by atoms with Crippen LogP contribution in [0.3, 0.4) is 0 Å². The van der Waals surface area contributed by atoms with Gasteiger partial charge < -0.3 is 15.4 Å². The lowest BCUT2D eigenvalue weighted by Gasteiger charge is -2.18. The second-order valence-electron chi connectivity index (χ2n) is 5.18. The molecular weight excluding hydrogens is 311 g/mol. The van der Waals surface area contributed by atoms with E-state index in [0.717, 1.165) is 16.9 Å². The molecule has 122 valence electrons. The third-order valence-corrected chi connectivity index (χ3v) is 3.67. The van der Waals surface area contributed by atoms with Gasteiger partial charge in [-0.25, -0.2) is 4.39 Å². The zero-order valence-electron chi connectivity index (χ0n) is 13.3. The van der Waals surface area contributed by atoms with E-state index in [1.165, 1.54) is 12.1 Å². The van der Waals surface area contributed by atoms with Gasteiger partial charge >= 0.3 is 0 Å². The van der Waals surface area contributed by atoms with Crippen LogP contribution in [0, 0.1) is 5.82 Å². The molecule has 5 heteroatoms. The Labute approximate surface area is 141 Å². The van der Waals surface area contributed by atoms with Gasteiger partial charge in [-0.2, -0.15) is 0 Å². The van der Waals surface area contributed by atoms with Crippen molar-refractivity contribution in [1.82, 2.24) is 10.6 Å². The van der Waals surface area contributed by atoms with Gasteiger partial charge in [-0.3, -0.25) is 0 Å². The number of hydrogen-bond donors (Lipinski definition) is 2. The highest BCUT2D eigenvalue weighted by molar-refractivity contribution is 7.80. The molecule has 0 heterocycles. The summed E-state index contributed by atoms with van der Waals surface area (Å²) >= 11 is 5.30. The normalized spacial score (nSPS) is 11.6. The first-order valence-corrected chi connectivity index (χ1v) is 8.01. The maximum atomic E-state index is 12.9. The van der Waals surface area contributed by atoms with E-state index in [0.29, 0.717) is 18.3 Å². The van der Waals surface area contributed by atoms with E-state index < -0.39 is 0 Å². The molecule has 1 atom stereocenters. The predicted molar refractivity (Wildman–Crippen MR) is 95.0 cm³/mol. The van der Waals surface area contributed by atoms with Crippen LogP contribution in [0.25, 0.3) is 0 Å². The third kappa shape index (κ3) is 5.53. The van der Waals surface area contributed by atoms with Crippen molar-refractivity contribution in [3.05, 3.63) is 65.5 Å². The largest absolute Gasteiger partial charge is 0.494 e. The lowest BCUT2D eigenvalue weighted by molar-refractivity contribution is 0.340. The summed E-state index contributed by atoms with van der Waals surface area (Å²) < 4.78 is 18.3. The average molecular weight is 332 g/mol. The molecule has 2 rings (SSSR count). The summed E-state index contributed by atoms with van der Waals surface area (Å²) in [5.74, 6) is 0.624. The maximum Gasteiger partial charge on any atom is 0.167 e. The molecule has 0 spiro atoms. The van der Waals surface area contributed by atoms with E-state index in [9.17, 15) is 4.39 Å². The Morgan fingerprint density at radius 1 is 1.13 bits per heavy atom. The smallest absolute Gasteiger partial charge is 0.167 e. The summed E-state index contributed by atoms with van der Waals surface area (Å²) in [6.45, 7) is 5.22.